The lowest BCUT2D eigenvalue weighted by Gasteiger charge is -2.17. The maximum atomic E-state index is 9.75. The number of halogens is 1. The smallest absolute Gasteiger partial charge is 0.119 e. The average molecular weight is 424 g/mol. The Bertz CT molecular complexity index is 965. The van der Waals surface area contributed by atoms with Crippen molar-refractivity contribution in [3.63, 3.8) is 0 Å². The van der Waals surface area contributed by atoms with Crippen LogP contribution in [0.2, 0.25) is 0 Å². The first-order valence-corrected chi connectivity index (χ1v) is 10.4. The Labute approximate surface area is 182 Å². The lowest BCUT2D eigenvalue weighted by molar-refractivity contribution is 0.318. The van der Waals surface area contributed by atoms with Crippen LogP contribution in [-0.2, 0) is 0 Å². The van der Waals surface area contributed by atoms with E-state index >= 15 is 0 Å². The largest absolute Gasteiger partial charge is 0.508 e. The molecule has 0 saturated heterocycles. The number of hydrogen-bond acceptors (Lipinski definition) is 4. The van der Waals surface area contributed by atoms with E-state index in [-0.39, 0.29) is 11.5 Å². The lowest BCUT2D eigenvalue weighted by Crippen LogP contribution is -2.15. The van der Waals surface area contributed by atoms with Crippen LogP contribution >= 0.6 is 11.6 Å². The van der Waals surface area contributed by atoms with Crippen molar-refractivity contribution < 1.29 is 14.9 Å². The first-order valence-electron chi connectivity index (χ1n) is 9.88. The van der Waals surface area contributed by atoms with Gasteiger partial charge in [-0.15, -0.1) is 11.6 Å². The van der Waals surface area contributed by atoms with Gasteiger partial charge in [0, 0.05) is 12.4 Å². The summed E-state index contributed by atoms with van der Waals surface area (Å²) in [7, 11) is 1.89. The van der Waals surface area contributed by atoms with Crippen molar-refractivity contribution in [2.45, 2.75) is 6.42 Å². The van der Waals surface area contributed by atoms with Gasteiger partial charge in [0.15, 0.2) is 0 Å². The van der Waals surface area contributed by atoms with Crippen molar-refractivity contribution in [3.8, 4) is 17.2 Å². The van der Waals surface area contributed by atoms with Crippen LogP contribution in [0.25, 0.3) is 11.1 Å². The molecule has 0 heterocycles. The lowest BCUT2D eigenvalue weighted by atomic mass is 9.88. The van der Waals surface area contributed by atoms with E-state index in [4.69, 9.17) is 16.3 Å². The quantitative estimate of drug-likeness (QED) is 0.249. The Morgan fingerprint density at radius 3 is 1.80 bits per heavy atom. The molecule has 3 N–H and O–H groups in total. The van der Waals surface area contributed by atoms with Gasteiger partial charge in [-0.05, 0) is 77.7 Å². The van der Waals surface area contributed by atoms with E-state index in [0.717, 1.165) is 40.1 Å². The van der Waals surface area contributed by atoms with Gasteiger partial charge in [0.1, 0.15) is 23.9 Å². The topological polar surface area (TPSA) is 61.7 Å². The number of aromatic hydroxyl groups is 2. The van der Waals surface area contributed by atoms with Crippen LogP contribution in [0, 0.1) is 0 Å². The SMILES string of the molecule is CNCCOc1ccc(/C(=C(\CCCl)c2ccc(O)cc2)c2ccc(O)cc2)cc1. The van der Waals surface area contributed by atoms with Gasteiger partial charge in [0.2, 0.25) is 0 Å². The van der Waals surface area contributed by atoms with Crippen LogP contribution in [0.1, 0.15) is 23.1 Å². The van der Waals surface area contributed by atoms with Crippen LogP contribution in [0.5, 0.6) is 17.2 Å². The van der Waals surface area contributed by atoms with E-state index in [0.29, 0.717) is 18.9 Å². The van der Waals surface area contributed by atoms with Gasteiger partial charge in [0.05, 0.1) is 0 Å². The molecule has 0 unspecified atom stereocenters. The van der Waals surface area contributed by atoms with Crippen molar-refractivity contribution >= 4 is 22.7 Å². The highest BCUT2D eigenvalue weighted by atomic mass is 35.5. The number of phenols is 2. The van der Waals surface area contributed by atoms with Crippen molar-refractivity contribution in [1.29, 1.82) is 0 Å². The zero-order valence-corrected chi connectivity index (χ0v) is 17.7. The number of rotatable bonds is 9. The van der Waals surface area contributed by atoms with Crippen molar-refractivity contribution in [2.75, 3.05) is 26.1 Å². The molecule has 30 heavy (non-hydrogen) atoms. The molecule has 0 amide bonds. The molecule has 0 radical (unpaired) electrons. The molecule has 0 aromatic heterocycles. The second-order valence-electron chi connectivity index (χ2n) is 6.86. The molecule has 4 nitrogen and oxygen atoms in total. The molecule has 0 aliphatic heterocycles. The van der Waals surface area contributed by atoms with Crippen LogP contribution in [-0.4, -0.2) is 36.3 Å². The molecule has 3 aromatic carbocycles. The van der Waals surface area contributed by atoms with Crippen molar-refractivity contribution in [3.05, 3.63) is 89.5 Å². The second-order valence-corrected chi connectivity index (χ2v) is 7.24. The molecule has 3 rings (SSSR count). The highest BCUT2D eigenvalue weighted by Gasteiger charge is 2.14. The predicted octanol–water partition coefficient (Wildman–Crippen LogP) is 5.28. The number of nitrogens with one attached hydrogen (secondary N) is 1. The molecule has 0 bridgehead atoms. The molecule has 5 heteroatoms. The summed E-state index contributed by atoms with van der Waals surface area (Å²) in [5, 5.41) is 22.5. The highest BCUT2D eigenvalue weighted by Crippen LogP contribution is 2.36. The zero-order chi connectivity index (χ0) is 21.3. The summed E-state index contributed by atoms with van der Waals surface area (Å²) in [6, 6.07) is 22.3. The summed E-state index contributed by atoms with van der Waals surface area (Å²) in [6.45, 7) is 1.38. The second kappa shape index (κ2) is 10.7. The maximum absolute atomic E-state index is 9.75. The number of hydrogen-bond donors (Lipinski definition) is 3. The van der Waals surface area contributed by atoms with Gasteiger partial charge in [-0.3, -0.25) is 0 Å². The summed E-state index contributed by atoms with van der Waals surface area (Å²) in [5.74, 6) is 1.71. The highest BCUT2D eigenvalue weighted by molar-refractivity contribution is 6.18. The van der Waals surface area contributed by atoms with E-state index in [1.165, 1.54) is 0 Å². The first-order chi connectivity index (χ1) is 14.6. The predicted molar refractivity (Wildman–Crippen MR) is 123 cm³/mol. The normalized spacial score (nSPS) is 11.8. The third kappa shape index (κ3) is 5.56. The standard InChI is InChI=1S/C25H26ClNO3/c1-27-16-17-30-23-12-6-20(7-13-23)25(19-4-10-22(29)11-5-19)24(14-15-26)18-2-8-21(28)9-3-18/h2-13,27-29H,14-17H2,1H3/b25-24+. The molecule has 3 aromatic rings. The van der Waals surface area contributed by atoms with Crippen LogP contribution in [0.4, 0.5) is 0 Å². The molecule has 0 spiro atoms. The van der Waals surface area contributed by atoms with E-state index in [9.17, 15) is 10.2 Å². The summed E-state index contributed by atoms with van der Waals surface area (Å²) < 4.78 is 5.75. The number of likely N-dealkylation sites (N-methyl/N-ethyl adjacent to an activating group) is 1. The Morgan fingerprint density at radius 2 is 1.30 bits per heavy atom. The molecular weight excluding hydrogens is 398 g/mol. The molecule has 0 atom stereocenters. The minimum atomic E-state index is 0.218. The van der Waals surface area contributed by atoms with Gasteiger partial charge in [-0.1, -0.05) is 36.4 Å². The van der Waals surface area contributed by atoms with Gasteiger partial charge in [0.25, 0.3) is 0 Å². The van der Waals surface area contributed by atoms with Gasteiger partial charge in [-0.2, -0.15) is 0 Å². The molecule has 0 aliphatic rings. The fourth-order valence-electron chi connectivity index (χ4n) is 3.30. The van der Waals surface area contributed by atoms with Crippen LogP contribution in [0.15, 0.2) is 72.8 Å². The molecule has 156 valence electrons. The maximum Gasteiger partial charge on any atom is 0.119 e. The fourth-order valence-corrected chi connectivity index (χ4v) is 3.49. The number of allylic oxidation sites excluding steroid dienone is 1. The Morgan fingerprint density at radius 1 is 0.800 bits per heavy atom. The first kappa shape index (κ1) is 21.8. The summed E-state index contributed by atoms with van der Waals surface area (Å²) in [6.07, 6.45) is 0.656. The van der Waals surface area contributed by atoms with Gasteiger partial charge in [-0.25, -0.2) is 0 Å². The van der Waals surface area contributed by atoms with Crippen LogP contribution < -0.4 is 10.1 Å². The zero-order valence-electron chi connectivity index (χ0n) is 16.9. The Balaban J connectivity index is 2.10. The van der Waals surface area contributed by atoms with E-state index in [2.05, 4.69) is 5.32 Å². The molecule has 0 aliphatic carbocycles. The number of benzene rings is 3. The molecular formula is C25H26ClNO3. The monoisotopic (exact) mass is 423 g/mol. The van der Waals surface area contributed by atoms with E-state index < -0.39 is 0 Å². The molecule has 0 saturated carbocycles. The van der Waals surface area contributed by atoms with Gasteiger partial charge >= 0.3 is 0 Å². The number of ether oxygens (including phenoxy) is 1. The minimum absolute atomic E-state index is 0.218. The average Bonchev–Trinajstić information content (AvgIpc) is 2.76. The number of phenolic OH excluding ortho intramolecular Hbond substituents is 2. The van der Waals surface area contributed by atoms with Crippen LogP contribution in [0.3, 0.4) is 0 Å². The molecule has 0 fully saturated rings. The summed E-state index contributed by atoms with van der Waals surface area (Å²) >= 11 is 6.17. The minimum Gasteiger partial charge on any atom is -0.508 e. The van der Waals surface area contributed by atoms with Crippen molar-refractivity contribution in [2.24, 2.45) is 0 Å². The Hall–Kier alpha value is -2.95. The summed E-state index contributed by atoms with van der Waals surface area (Å²) in [4.78, 5) is 0. The van der Waals surface area contributed by atoms with E-state index in [1.807, 2.05) is 55.6 Å². The van der Waals surface area contributed by atoms with Crippen molar-refractivity contribution in [1.82, 2.24) is 5.32 Å². The summed E-state index contributed by atoms with van der Waals surface area (Å²) in [5.41, 5.74) is 5.09. The fraction of sp³-hybridized carbons (Fsp3) is 0.200. The van der Waals surface area contributed by atoms with E-state index in [1.54, 1.807) is 24.3 Å². The third-order valence-corrected chi connectivity index (χ3v) is 4.97. The Kier molecular flexibility index (Phi) is 7.77. The van der Waals surface area contributed by atoms with Gasteiger partial charge < -0.3 is 20.3 Å². The third-order valence-electron chi connectivity index (χ3n) is 4.78. The number of alkyl halides is 1.